The first-order chi connectivity index (χ1) is 9.92. The molecule has 0 atom stereocenters. The summed E-state index contributed by atoms with van der Waals surface area (Å²) in [6.07, 6.45) is 0. The molecule has 0 saturated carbocycles. The van der Waals surface area contributed by atoms with E-state index in [-0.39, 0.29) is 28.1 Å². The fraction of sp³-hybridized carbons (Fsp3) is 0.0667. The fourth-order valence-corrected chi connectivity index (χ4v) is 1.80. The molecule has 6 heteroatoms. The molecule has 0 heterocycles. The van der Waals surface area contributed by atoms with E-state index in [1.807, 2.05) is 0 Å². The van der Waals surface area contributed by atoms with Gasteiger partial charge in [-0.05, 0) is 37.3 Å². The van der Waals surface area contributed by atoms with Crippen LogP contribution < -0.4 is 11.1 Å². The number of halogens is 2. The van der Waals surface area contributed by atoms with Gasteiger partial charge in [-0.3, -0.25) is 4.79 Å². The standard InChI is InChI=1S/C15H11F2N3O/c1-8-12(17)4-9(7-18)5-14(8)20-15(21)11-3-2-10(16)6-13(11)19/h2-6H,19H2,1H3,(H,20,21). The Labute approximate surface area is 119 Å². The summed E-state index contributed by atoms with van der Waals surface area (Å²) in [6, 6.07) is 7.60. The summed E-state index contributed by atoms with van der Waals surface area (Å²) in [6.45, 7) is 1.47. The predicted octanol–water partition coefficient (Wildman–Crippen LogP) is 2.98. The van der Waals surface area contributed by atoms with Crippen molar-refractivity contribution in [1.29, 1.82) is 5.26 Å². The molecule has 0 aliphatic rings. The van der Waals surface area contributed by atoms with Crippen molar-refractivity contribution < 1.29 is 13.6 Å². The van der Waals surface area contributed by atoms with Gasteiger partial charge in [0.1, 0.15) is 11.6 Å². The van der Waals surface area contributed by atoms with Crippen LogP contribution in [0.2, 0.25) is 0 Å². The summed E-state index contributed by atoms with van der Waals surface area (Å²) >= 11 is 0. The van der Waals surface area contributed by atoms with Crippen LogP contribution >= 0.6 is 0 Å². The molecule has 0 aromatic heterocycles. The van der Waals surface area contributed by atoms with Gasteiger partial charge in [0.2, 0.25) is 0 Å². The van der Waals surface area contributed by atoms with Crippen molar-refractivity contribution in [3.05, 3.63) is 58.7 Å². The third kappa shape index (κ3) is 2.98. The predicted molar refractivity (Wildman–Crippen MR) is 74.6 cm³/mol. The fourth-order valence-electron chi connectivity index (χ4n) is 1.80. The van der Waals surface area contributed by atoms with E-state index in [1.54, 1.807) is 6.07 Å². The van der Waals surface area contributed by atoms with Crippen molar-refractivity contribution in [1.82, 2.24) is 0 Å². The lowest BCUT2D eigenvalue weighted by molar-refractivity contribution is 0.102. The van der Waals surface area contributed by atoms with E-state index in [4.69, 9.17) is 11.0 Å². The highest BCUT2D eigenvalue weighted by Gasteiger charge is 2.14. The number of amides is 1. The smallest absolute Gasteiger partial charge is 0.257 e. The van der Waals surface area contributed by atoms with Crippen molar-refractivity contribution >= 4 is 17.3 Å². The third-order valence-electron chi connectivity index (χ3n) is 2.98. The topological polar surface area (TPSA) is 78.9 Å². The minimum atomic E-state index is -0.606. The molecule has 0 bridgehead atoms. The highest BCUT2D eigenvalue weighted by Crippen LogP contribution is 2.22. The summed E-state index contributed by atoms with van der Waals surface area (Å²) in [5, 5.41) is 11.3. The zero-order chi connectivity index (χ0) is 15.6. The van der Waals surface area contributed by atoms with Gasteiger partial charge in [0.25, 0.3) is 5.91 Å². The maximum atomic E-state index is 13.6. The number of nitrogens with two attached hydrogens (primary N) is 1. The number of anilines is 2. The zero-order valence-electron chi connectivity index (χ0n) is 11.1. The van der Waals surface area contributed by atoms with Gasteiger partial charge < -0.3 is 11.1 Å². The number of nitrogens with zero attached hydrogens (tertiary/aromatic N) is 1. The van der Waals surface area contributed by atoms with Gasteiger partial charge in [-0.2, -0.15) is 5.26 Å². The number of hydrogen-bond donors (Lipinski definition) is 2. The molecule has 106 valence electrons. The van der Waals surface area contributed by atoms with E-state index in [0.717, 1.165) is 18.2 Å². The van der Waals surface area contributed by atoms with E-state index >= 15 is 0 Å². The molecule has 0 unspecified atom stereocenters. The lowest BCUT2D eigenvalue weighted by Gasteiger charge is -2.11. The maximum absolute atomic E-state index is 13.6. The minimum absolute atomic E-state index is 0.0259. The number of nitrogen functional groups attached to an aromatic ring is 1. The summed E-state index contributed by atoms with van der Waals surface area (Å²) in [5.74, 6) is -1.76. The van der Waals surface area contributed by atoms with Gasteiger partial charge in [0, 0.05) is 16.9 Å². The Morgan fingerprint density at radius 3 is 2.62 bits per heavy atom. The van der Waals surface area contributed by atoms with Crippen LogP contribution in [0.5, 0.6) is 0 Å². The molecule has 0 aliphatic carbocycles. The van der Waals surface area contributed by atoms with Crippen LogP contribution in [-0.2, 0) is 0 Å². The first-order valence-electron chi connectivity index (χ1n) is 5.99. The Kier molecular flexibility index (Phi) is 3.85. The van der Waals surface area contributed by atoms with Crippen LogP contribution in [0.3, 0.4) is 0 Å². The van der Waals surface area contributed by atoms with Crippen molar-refractivity contribution in [3.63, 3.8) is 0 Å². The molecule has 2 rings (SSSR count). The Hall–Kier alpha value is -2.94. The molecule has 0 radical (unpaired) electrons. The first-order valence-corrected chi connectivity index (χ1v) is 5.99. The number of carbonyl (C=O) groups excluding carboxylic acids is 1. The summed E-state index contributed by atoms with van der Waals surface area (Å²) < 4.78 is 26.6. The van der Waals surface area contributed by atoms with E-state index < -0.39 is 17.5 Å². The van der Waals surface area contributed by atoms with E-state index in [1.165, 1.54) is 19.1 Å². The van der Waals surface area contributed by atoms with Crippen molar-refractivity contribution in [2.24, 2.45) is 0 Å². The minimum Gasteiger partial charge on any atom is -0.398 e. The number of benzene rings is 2. The van der Waals surface area contributed by atoms with Gasteiger partial charge in [0.15, 0.2) is 0 Å². The Bertz CT molecular complexity index is 766. The average molecular weight is 287 g/mol. The number of nitriles is 1. The summed E-state index contributed by atoms with van der Waals surface area (Å²) in [4.78, 5) is 12.1. The largest absolute Gasteiger partial charge is 0.398 e. The third-order valence-corrected chi connectivity index (χ3v) is 2.98. The van der Waals surface area contributed by atoms with Crippen molar-refractivity contribution in [2.75, 3.05) is 11.1 Å². The van der Waals surface area contributed by atoms with E-state index in [2.05, 4.69) is 5.32 Å². The van der Waals surface area contributed by atoms with Crippen LogP contribution in [0.4, 0.5) is 20.2 Å². The van der Waals surface area contributed by atoms with Crippen LogP contribution in [0.25, 0.3) is 0 Å². The van der Waals surface area contributed by atoms with E-state index in [0.29, 0.717) is 0 Å². The molecule has 4 nitrogen and oxygen atoms in total. The highest BCUT2D eigenvalue weighted by atomic mass is 19.1. The SMILES string of the molecule is Cc1c(F)cc(C#N)cc1NC(=O)c1ccc(F)cc1N. The van der Waals surface area contributed by atoms with Gasteiger partial charge in [-0.25, -0.2) is 8.78 Å². The van der Waals surface area contributed by atoms with Gasteiger partial charge >= 0.3 is 0 Å². The molecular weight excluding hydrogens is 276 g/mol. The van der Waals surface area contributed by atoms with Gasteiger partial charge in [-0.1, -0.05) is 0 Å². The lowest BCUT2D eigenvalue weighted by Crippen LogP contribution is -2.15. The molecule has 3 N–H and O–H groups in total. The lowest BCUT2D eigenvalue weighted by atomic mass is 10.1. The zero-order valence-corrected chi connectivity index (χ0v) is 11.1. The van der Waals surface area contributed by atoms with Gasteiger partial charge in [0.05, 0.1) is 17.2 Å². The van der Waals surface area contributed by atoms with E-state index in [9.17, 15) is 13.6 Å². The molecule has 2 aromatic carbocycles. The number of rotatable bonds is 2. The second-order valence-corrected chi connectivity index (χ2v) is 4.43. The Balaban J connectivity index is 2.36. The Morgan fingerprint density at radius 2 is 2.00 bits per heavy atom. The molecule has 1 amide bonds. The molecule has 0 aliphatic heterocycles. The Morgan fingerprint density at radius 1 is 1.29 bits per heavy atom. The normalized spacial score (nSPS) is 10.0. The quantitative estimate of drug-likeness (QED) is 0.833. The van der Waals surface area contributed by atoms with Crippen molar-refractivity contribution in [3.8, 4) is 6.07 Å². The van der Waals surface area contributed by atoms with Crippen LogP contribution in [-0.4, -0.2) is 5.91 Å². The molecule has 0 spiro atoms. The average Bonchev–Trinajstić information content (AvgIpc) is 2.43. The summed E-state index contributed by atoms with van der Waals surface area (Å²) in [7, 11) is 0. The van der Waals surface area contributed by atoms with Crippen LogP contribution in [0, 0.1) is 29.9 Å². The number of nitrogens with one attached hydrogen (secondary N) is 1. The molecule has 21 heavy (non-hydrogen) atoms. The number of carbonyl (C=O) groups is 1. The molecule has 0 saturated heterocycles. The highest BCUT2D eigenvalue weighted by molar-refractivity contribution is 6.08. The number of hydrogen-bond acceptors (Lipinski definition) is 3. The second kappa shape index (κ2) is 5.59. The van der Waals surface area contributed by atoms with Crippen molar-refractivity contribution in [2.45, 2.75) is 6.92 Å². The molecular formula is C15H11F2N3O. The molecule has 2 aromatic rings. The molecule has 0 fully saturated rings. The monoisotopic (exact) mass is 287 g/mol. The summed E-state index contributed by atoms with van der Waals surface area (Å²) in [5.41, 5.74) is 6.06. The van der Waals surface area contributed by atoms with Gasteiger partial charge in [-0.15, -0.1) is 0 Å². The second-order valence-electron chi connectivity index (χ2n) is 4.43. The van der Waals surface area contributed by atoms with Crippen LogP contribution in [0.15, 0.2) is 30.3 Å². The first kappa shape index (κ1) is 14.5. The maximum Gasteiger partial charge on any atom is 0.257 e. The van der Waals surface area contributed by atoms with Crippen LogP contribution in [0.1, 0.15) is 21.5 Å².